The zero-order valence-electron chi connectivity index (χ0n) is 16.2. The number of unbranched alkanes of at least 4 members (excludes halogenated alkanes) is 1. The molecule has 1 aromatic rings. The quantitative estimate of drug-likeness (QED) is 0.556. The van der Waals surface area contributed by atoms with E-state index in [2.05, 4.69) is 15.9 Å². The molecule has 3 amide bonds. The van der Waals surface area contributed by atoms with Gasteiger partial charge in [0.2, 0.25) is 0 Å². The molecule has 3 aliphatic heterocycles. The Hall–Kier alpha value is -2.59. The second-order valence-electron chi connectivity index (χ2n) is 7.79. The lowest BCUT2D eigenvalue weighted by Crippen LogP contribution is -2.47. The lowest BCUT2D eigenvalue weighted by molar-refractivity contribution is -0.128. The second kappa shape index (κ2) is 8.19. The van der Waals surface area contributed by atoms with E-state index < -0.39 is 0 Å². The number of piperazine rings is 1. The average molecular weight is 381 g/mol. The molecular formula is C21H27N5O2. The number of anilines is 1. The molecule has 1 atom stereocenters. The number of hydrogen-bond acceptors (Lipinski definition) is 5. The summed E-state index contributed by atoms with van der Waals surface area (Å²) in [6.07, 6.45) is 3.60. The van der Waals surface area contributed by atoms with Crippen LogP contribution in [0.15, 0.2) is 24.3 Å². The van der Waals surface area contributed by atoms with Crippen LogP contribution < -0.4 is 4.90 Å². The summed E-state index contributed by atoms with van der Waals surface area (Å²) in [5, 5.41) is 9.28. The van der Waals surface area contributed by atoms with Gasteiger partial charge in [-0.3, -0.25) is 14.6 Å². The van der Waals surface area contributed by atoms with Gasteiger partial charge in [-0.25, -0.2) is 4.79 Å². The second-order valence-corrected chi connectivity index (χ2v) is 7.79. The van der Waals surface area contributed by atoms with E-state index in [4.69, 9.17) is 0 Å². The van der Waals surface area contributed by atoms with E-state index >= 15 is 0 Å². The zero-order valence-corrected chi connectivity index (χ0v) is 16.2. The fourth-order valence-corrected chi connectivity index (χ4v) is 4.55. The van der Waals surface area contributed by atoms with E-state index in [0.717, 1.165) is 76.2 Å². The molecule has 4 rings (SSSR count). The summed E-state index contributed by atoms with van der Waals surface area (Å²) in [4.78, 5) is 32.6. The highest BCUT2D eigenvalue weighted by atomic mass is 16.2. The lowest BCUT2D eigenvalue weighted by Gasteiger charge is -2.36. The Balaban J connectivity index is 1.19. The molecule has 7 heteroatoms. The third-order valence-corrected chi connectivity index (χ3v) is 6.12. The van der Waals surface area contributed by atoms with Crippen LogP contribution in [0.1, 0.15) is 31.2 Å². The Morgan fingerprint density at radius 1 is 1.00 bits per heavy atom. The maximum Gasteiger partial charge on any atom is 0.327 e. The monoisotopic (exact) mass is 381 g/mol. The van der Waals surface area contributed by atoms with Crippen molar-refractivity contribution in [3.05, 3.63) is 29.8 Å². The first-order valence-electron chi connectivity index (χ1n) is 10.3. The van der Waals surface area contributed by atoms with Gasteiger partial charge in [0.1, 0.15) is 12.1 Å². The van der Waals surface area contributed by atoms with Crippen molar-refractivity contribution in [2.75, 3.05) is 50.7 Å². The fraction of sp³-hybridized carbons (Fsp3) is 0.571. The number of imide groups is 1. The fourth-order valence-electron chi connectivity index (χ4n) is 4.55. The van der Waals surface area contributed by atoms with Gasteiger partial charge in [-0.15, -0.1) is 0 Å². The van der Waals surface area contributed by atoms with Crippen LogP contribution in [-0.4, -0.2) is 78.5 Å². The normalized spacial score (nSPS) is 22.7. The Bertz CT molecular complexity index is 759. The molecule has 0 bridgehead atoms. The number of nitriles is 1. The molecular weight excluding hydrogens is 354 g/mol. The molecule has 3 heterocycles. The van der Waals surface area contributed by atoms with Crippen LogP contribution in [0.3, 0.4) is 0 Å². The van der Waals surface area contributed by atoms with E-state index in [1.807, 2.05) is 24.3 Å². The van der Waals surface area contributed by atoms with E-state index in [0.29, 0.717) is 6.54 Å². The van der Waals surface area contributed by atoms with Crippen molar-refractivity contribution in [3.63, 3.8) is 0 Å². The molecule has 1 aromatic carbocycles. The van der Waals surface area contributed by atoms with E-state index in [9.17, 15) is 14.9 Å². The van der Waals surface area contributed by atoms with Crippen LogP contribution in [-0.2, 0) is 4.79 Å². The van der Waals surface area contributed by atoms with Crippen LogP contribution >= 0.6 is 0 Å². The average Bonchev–Trinajstić information content (AvgIpc) is 3.30. The number of fused-ring (bicyclic) bond motifs is 1. The minimum absolute atomic E-state index is 0.00673. The number of amides is 3. The van der Waals surface area contributed by atoms with Gasteiger partial charge >= 0.3 is 6.03 Å². The molecule has 0 N–H and O–H groups in total. The third-order valence-electron chi connectivity index (χ3n) is 6.12. The molecule has 148 valence electrons. The number of benzene rings is 1. The molecule has 28 heavy (non-hydrogen) atoms. The maximum absolute atomic E-state index is 12.3. The first-order valence-corrected chi connectivity index (χ1v) is 10.3. The predicted octanol–water partition coefficient (Wildman–Crippen LogP) is 1.89. The highest BCUT2D eigenvalue weighted by Gasteiger charge is 2.46. The number of carbonyl (C=O) groups excluding carboxylic acids is 2. The largest absolute Gasteiger partial charge is 0.368 e. The summed E-state index contributed by atoms with van der Waals surface area (Å²) in [6, 6.07) is 9.77. The third kappa shape index (κ3) is 3.57. The number of carbonyl (C=O) groups is 2. The Morgan fingerprint density at radius 3 is 2.50 bits per heavy atom. The van der Waals surface area contributed by atoms with Crippen LogP contribution in [0.25, 0.3) is 0 Å². The summed E-state index contributed by atoms with van der Waals surface area (Å²) < 4.78 is 0. The van der Waals surface area contributed by atoms with Crippen LogP contribution in [0, 0.1) is 11.3 Å². The van der Waals surface area contributed by atoms with E-state index in [-0.39, 0.29) is 18.0 Å². The molecule has 3 saturated heterocycles. The van der Waals surface area contributed by atoms with Crippen molar-refractivity contribution in [2.24, 2.45) is 0 Å². The molecule has 0 spiro atoms. The van der Waals surface area contributed by atoms with Crippen molar-refractivity contribution in [2.45, 2.75) is 31.7 Å². The molecule has 7 nitrogen and oxygen atoms in total. The minimum Gasteiger partial charge on any atom is -0.368 e. The zero-order chi connectivity index (χ0) is 19.5. The van der Waals surface area contributed by atoms with Gasteiger partial charge in [0.25, 0.3) is 5.91 Å². The first-order chi connectivity index (χ1) is 13.7. The Kier molecular flexibility index (Phi) is 5.49. The number of rotatable bonds is 6. The van der Waals surface area contributed by atoms with Gasteiger partial charge in [-0.2, -0.15) is 5.26 Å². The van der Waals surface area contributed by atoms with Gasteiger partial charge in [0, 0.05) is 39.3 Å². The maximum atomic E-state index is 12.3. The lowest BCUT2D eigenvalue weighted by atomic mass is 10.1. The summed E-state index contributed by atoms with van der Waals surface area (Å²) >= 11 is 0. The molecule has 1 unspecified atom stereocenters. The predicted molar refractivity (Wildman–Crippen MR) is 106 cm³/mol. The number of urea groups is 1. The summed E-state index contributed by atoms with van der Waals surface area (Å²) in [6.45, 7) is 6.02. The van der Waals surface area contributed by atoms with Crippen molar-refractivity contribution in [1.82, 2.24) is 14.7 Å². The molecule has 0 aromatic heterocycles. The Labute approximate surface area is 166 Å². The molecule has 0 radical (unpaired) electrons. The van der Waals surface area contributed by atoms with E-state index in [1.165, 1.54) is 4.90 Å². The smallest absolute Gasteiger partial charge is 0.327 e. The molecule has 0 saturated carbocycles. The van der Waals surface area contributed by atoms with Crippen molar-refractivity contribution < 1.29 is 9.59 Å². The van der Waals surface area contributed by atoms with E-state index in [1.54, 1.807) is 4.90 Å². The summed E-state index contributed by atoms with van der Waals surface area (Å²) in [5.74, 6) is 0.00673. The molecule has 3 aliphatic rings. The van der Waals surface area contributed by atoms with Gasteiger partial charge < -0.3 is 9.80 Å². The number of para-hydroxylation sites is 1. The minimum atomic E-state index is -0.183. The topological polar surface area (TPSA) is 70.9 Å². The van der Waals surface area contributed by atoms with Gasteiger partial charge in [-0.05, 0) is 44.4 Å². The summed E-state index contributed by atoms with van der Waals surface area (Å²) in [5.41, 5.74) is 1.76. The van der Waals surface area contributed by atoms with Crippen LogP contribution in [0.2, 0.25) is 0 Å². The van der Waals surface area contributed by atoms with Crippen LogP contribution in [0.4, 0.5) is 10.5 Å². The Morgan fingerprint density at radius 2 is 1.75 bits per heavy atom. The highest BCUT2D eigenvalue weighted by Crippen LogP contribution is 2.27. The van der Waals surface area contributed by atoms with Crippen LogP contribution in [0.5, 0.6) is 0 Å². The van der Waals surface area contributed by atoms with Crippen molar-refractivity contribution >= 4 is 17.6 Å². The number of hydrogen-bond donors (Lipinski definition) is 0. The summed E-state index contributed by atoms with van der Waals surface area (Å²) in [7, 11) is 0. The molecule has 3 fully saturated rings. The molecule has 0 aliphatic carbocycles. The van der Waals surface area contributed by atoms with Crippen molar-refractivity contribution in [1.29, 1.82) is 5.26 Å². The first kappa shape index (κ1) is 18.8. The highest BCUT2D eigenvalue weighted by molar-refractivity contribution is 6.04. The van der Waals surface area contributed by atoms with Gasteiger partial charge in [0.15, 0.2) is 0 Å². The standard InChI is InChI=1S/C21H27N5O2/c22-16-17-6-1-2-7-18(17)24-14-12-23(13-15-24)9-3-4-10-26-20(27)19-8-5-11-25(19)21(26)28/h1-2,6-7,19H,3-5,8-15H2. The number of nitrogens with zero attached hydrogens (tertiary/aromatic N) is 5. The van der Waals surface area contributed by atoms with Crippen molar-refractivity contribution in [3.8, 4) is 6.07 Å². The van der Waals surface area contributed by atoms with Gasteiger partial charge in [0.05, 0.1) is 11.3 Å². The van der Waals surface area contributed by atoms with Gasteiger partial charge in [-0.1, -0.05) is 12.1 Å². The SMILES string of the molecule is N#Cc1ccccc1N1CCN(CCCCN2C(=O)C3CCCN3C2=O)CC1.